The minimum Gasteiger partial charge on any atom is -0.505 e. The molecule has 90 valence electrons. The van der Waals surface area contributed by atoms with Crippen molar-refractivity contribution in [2.75, 3.05) is 24.2 Å². The zero-order valence-corrected chi connectivity index (χ0v) is 11.0. The SMILES string of the molecule is COCCS(=O)(=O)Nc1cccc(Br)c1O. The van der Waals surface area contributed by atoms with Crippen LogP contribution in [0.1, 0.15) is 0 Å². The summed E-state index contributed by atoms with van der Waals surface area (Å²) in [7, 11) is -2.07. The normalized spacial score (nSPS) is 11.4. The van der Waals surface area contributed by atoms with Crippen LogP contribution >= 0.6 is 15.9 Å². The lowest BCUT2D eigenvalue weighted by molar-refractivity contribution is 0.217. The van der Waals surface area contributed by atoms with Gasteiger partial charge in [-0.15, -0.1) is 0 Å². The number of halogens is 1. The summed E-state index contributed by atoms with van der Waals surface area (Å²) < 4.78 is 30.4. The fourth-order valence-corrected chi connectivity index (χ4v) is 2.36. The molecule has 0 saturated heterocycles. The van der Waals surface area contributed by atoms with Gasteiger partial charge in [0.25, 0.3) is 0 Å². The Bertz CT molecular complexity index is 461. The number of anilines is 1. The molecule has 1 aromatic carbocycles. The molecule has 0 radical (unpaired) electrons. The summed E-state index contributed by atoms with van der Waals surface area (Å²) >= 11 is 3.10. The summed E-state index contributed by atoms with van der Waals surface area (Å²) in [6.07, 6.45) is 0. The minimum absolute atomic E-state index is 0.101. The maximum Gasteiger partial charge on any atom is 0.235 e. The number of ether oxygens (including phenoxy) is 1. The van der Waals surface area contributed by atoms with E-state index in [4.69, 9.17) is 0 Å². The monoisotopic (exact) mass is 309 g/mol. The molecule has 0 unspecified atom stereocenters. The van der Waals surface area contributed by atoms with Crippen LogP contribution in [0, 0.1) is 0 Å². The molecular weight excluding hydrogens is 298 g/mol. The van der Waals surface area contributed by atoms with E-state index in [0.717, 1.165) is 0 Å². The van der Waals surface area contributed by atoms with E-state index < -0.39 is 10.0 Å². The molecule has 1 aromatic rings. The third kappa shape index (κ3) is 3.66. The minimum atomic E-state index is -3.49. The lowest BCUT2D eigenvalue weighted by Gasteiger charge is -2.09. The van der Waals surface area contributed by atoms with Crippen molar-refractivity contribution < 1.29 is 18.3 Å². The molecule has 7 heteroatoms. The first kappa shape index (κ1) is 13.3. The number of nitrogens with one attached hydrogen (secondary N) is 1. The van der Waals surface area contributed by atoms with E-state index in [1.807, 2.05) is 0 Å². The van der Waals surface area contributed by atoms with Gasteiger partial charge in [0.2, 0.25) is 10.0 Å². The first-order chi connectivity index (χ1) is 7.46. The van der Waals surface area contributed by atoms with Gasteiger partial charge < -0.3 is 9.84 Å². The van der Waals surface area contributed by atoms with Gasteiger partial charge in [-0.3, -0.25) is 4.72 Å². The molecule has 0 fully saturated rings. The van der Waals surface area contributed by atoms with E-state index in [-0.39, 0.29) is 23.8 Å². The fourth-order valence-electron chi connectivity index (χ4n) is 1.01. The third-order valence-electron chi connectivity index (χ3n) is 1.81. The summed E-state index contributed by atoms with van der Waals surface area (Å²) in [5.41, 5.74) is 0.144. The molecule has 16 heavy (non-hydrogen) atoms. The highest BCUT2D eigenvalue weighted by atomic mass is 79.9. The van der Waals surface area contributed by atoms with E-state index in [2.05, 4.69) is 25.4 Å². The van der Waals surface area contributed by atoms with E-state index in [0.29, 0.717) is 4.47 Å². The topological polar surface area (TPSA) is 75.6 Å². The van der Waals surface area contributed by atoms with Crippen molar-refractivity contribution >= 4 is 31.6 Å². The van der Waals surface area contributed by atoms with Gasteiger partial charge in [-0.05, 0) is 28.1 Å². The highest BCUT2D eigenvalue weighted by Gasteiger charge is 2.13. The highest BCUT2D eigenvalue weighted by molar-refractivity contribution is 9.10. The Balaban J connectivity index is 2.84. The molecule has 0 heterocycles. The van der Waals surface area contributed by atoms with Crippen LogP contribution in [0.25, 0.3) is 0 Å². The number of phenolic OH excluding ortho intramolecular Hbond substituents is 1. The zero-order chi connectivity index (χ0) is 12.2. The maximum atomic E-state index is 11.5. The summed E-state index contributed by atoms with van der Waals surface area (Å²) in [6, 6.07) is 4.71. The second-order valence-electron chi connectivity index (χ2n) is 3.05. The van der Waals surface area contributed by atoms with E-state index in [1.54, 1.807) is 12.1 Å². The molecule has 0 bridgehead atoms. The Kier molecular flexibility index (Phi) is 4.57. The molecule has 0 aliphatic heterocycles. The molecule has 1 rings (SSSR count). The number of phenols is 1. The van der Waals surface area contributed by atoms with Crippen molar-refractivity contribution in [1.29, 1.82) is 0 Å². The van der Waals surface area contributed by atoms with Crippen LogP contribution in [-0.4, -0.2) is 33.0 Å². The molecule has 0 atom stereocenters. The van der Waals surface area contributed by atoms with Crippen LogP contribution in [0.5, 0.6) is 5.75 Å². The standard InChI is InChI=1S/C9H12BrNO4S/c1-15-5-6-16(13,14)11-8-4-2-3-7(10)9(8)12/h2-4,11-12H,5-6H2,1H3. The number of methoxy groups -OCH3 is 1. The zero-order valence-electron chi connectivity index (χ0n) is 8.60. The molecule has 5 nitrogen and oxygen atoms in total. The average molecular weight is 310 g/mol. The van der Waals surface area contributed by atoms with Gasteiger partial charge in [-0.2, -0.15) is 0 Å². The molecule has 0 spiro atoms. The molecular formula is C9H12BrNO4S. The number of para-hydroxylation sites is 1. The average Bonchev–Trinajstić information content (AvgIpc) is 2.22. The van der Waals surface area contributed by atoms with Crippen molar-refractivity contribution in [1.82, 2.24) is 0 Å². The quantitative estimate of drug-likeness (QED) is 0.809. The Hall–Kier alpha value is -0.790. The maximum absolute atomic E-state index is 11.5. The summed E-state index contributed by atoms with van der Waals surface area (Å²) in [5.74, 6) is -0.293. The molecule has 0 amide bonds. The van der Waals surface area contributed by atoms with Crippen molar-refractivity contribution in [3.63, 3.8) is 0 Å². The lowest BCUT2D eigenvalue weighted by Crippen LogP contribution is -2.19. The van der Waals surface area contributed by atoms with Crippen LogP contribution < -0.4 is 4.72 Å². The first-order valence-corrected chi connectivity index (χ1v) is 6.87. The number of aromatic hydroxyl groups is 1. The van der Waals surface area contributed by atoms with Crippen LogP contribution in [0.3, 0.4) is 0 Å². The number of sulfonamides is 1. The second-order valence-corrected chi connectivity index (χ2v) is 5.75. The Morgan fingerprint density at radius 3 is 2.81 bits per heavy atom. The number of benzene rings is 1. The summed E-state index contributed by atoms with van der Waals surface area (Å²) in [4.78, 5) is 0. The molecule has 0 aliphatic carbocycles. The third-order valence-corrected chi connectivity index (χ3v) is 3.68. The van der Waals surface area contributed by atoms with Crippen molar-refractivity contribution in [2.24, 2.45) is 0 Å². The van der Waals surface area contributed by atoms with Crippen molar-refractivity contribution in [3.05, 3.63) is 22.7 Å². The van der Waals surface area contributed by atoms with Gasteiger partial charge in [0.05, 0.1) is 22.5 Å². The van der Waals surface area contributed by atoms with Gasteiger partial charge in [-0.25, -0.2) is 8.42 Å². The largest absolute Gasteiger partial charge is 0.505 e. The number of hydrogen-bond acceptors (Lipinski definition) is 4. The van der Waals surface area contributed by atoms with Gasteiger partial charge in [0.1, 0.15) is 0 Å². The molecule has 0 aliphatic rings. The van der Waals surface area contributed by atoms with Crippen molar-refractivity contribution in [2.45, 2.75) is 0 Å². The molecule has 0 saturated carbocycles. The van der Waals surface area contributed by atoms with Crippen molar-refractivity contribution in [3.8, 4) is 5.75 Å². The first-order valence-electron chi connectivity index (χ1n) is 4.43. The predicted molar refractivity (Wildman–Crippen MR) is 65.1 cm³/mol. The van der Waals surface area contributed by atoms with E-state index in [9.17, 15) is 13.5 Å². The summed E-state index contributed by atoms with van der Waals surface area (Å²) in [6.45, 7) is 0.101. The van der Waals surface area contributed by atoms with Gasteiger partial charge in [0.15, 0.2) is 5.75 Å². The highest BCUT2D eigenvalue weighted by Crippen LogP contribution is 2.32. The van der Waals surface area contributed by atoms with E-state index >= 15 is 0 Å². The fraction of sp³-hybridized carbons (Fsp3) is 0.333. The van der Waals surface area contributed by atoms with E-state index in [1.165, 1.54) is 13.2 Å². The molecule has 0 aromatic heterocycles. The number of hydrogen-bond donors (Lipinski definition) is 2. The van der Waals surface area contributed by atoms with Gasteiger partial charge >= 0.3 is 0 Å². The van der Waals surface area contributed by atoms with Crippen LogP contribution in [0.15, 0.2) is 22.7 Å². The predicted octanol–water partition coefficient (Wildman–Crippen LogP) is 1.54. The Morgan fingerprint density at radius 2 is 2.19 bits per heavy atom. The lowest BCUT2D eigenvalue weighted by atomic mass is 10.3. The second kappa shape index (κ2) is 5.51. The Labute approximate surface area is 103 Å². The summed E-state index contributed by atoms with van der Waals surface area (Å²) in [5, 5.41) is 9.58. The van der Waals surface area contributed by atoms with Crippen LogP contribution in [-0.2, 0) is 14.8 Å². The Morgan fingerprint density at radius 1 is 1.50 bits per heavy atom. The smallest absolute Gasteiger partial charge is 0.235 e. The number of rotatable bonds is 5. The van der Waals surface area contributed by atoms with Gasteiger partial charge in [0, 0.05) is 7.11 Å². The molecule has 2 N–H and O–H groups in total. The van der Waals surface area contributed by atoms with Gasteiger partial charge in [-0.1, -0.05) is 6.07 Å². The van der Waals surface area contributed by atoms with Crippen LogP contribution in [0.4, 0.5) is 5.69 Å². The van der Waals surface area contributed by atoms with Crippen LogP contribution in [0.2, 0.25) is 0 Å².